The van der Waals surface area contributed by atoms with E-state index in [1.165, 1.54) is 23.5 Å². The first-order chi connectivity index (χ1) is 14.9. The normalized spacial score (nSPS) is 17.1. The highest BCUT2D eigenvalue weighted by Gasteiger charge is 2.35. The van der Waals surface area contributed by atoms with Crippen LogP contribution in [0.1, 0.15) is 29.3 Å². The van der Waals surface area contributed by atoms with Gasteiger partial charge in [-0.1, -0.05) is 6.07 Å². The first-order valence-electron chi connectivity index (χ1n) is 9.94. The standard InChI is InChI=1S/C22H24FN3O4S/c1-15-3-8-21(29-2)22(11-15)31(27,28)26-10-9-16(13-26)20-12-18(24-25-20)14-30-19-6-4-17(23)5-7-19/h3-8,11-12,16H,9-10,13-14H2,1-2H3,(H,24,25)/t16-/m0/s1. The fraction of sp³-hybridized carbons (Fsp3) is 0.318. The zero-order valence-corrected chi connectivity index (χ0v) is 18.2. The SMILES string of the molecule is COc1ccc(C)cc1S(=O)(=O)N1CC[C@H](c2cc(COc3ccc(F)cc3)[nH]n2)C1. The lowest BCUT2D eigenvalue weighted by molar-refractivity contribution is 0.300. The number of aromatic nitrogens is 2. The average Bonchev–Trinajstić information content (AvgIpc) is 3.43. The van der Waals surface area contributed by atoms with Gasteiger partial charge >= 0.3 is 0 Å². The molecule has 0 amide bonds. The fourth-order valence-corrected chi connectivity index (χ4v) is 5.41. The number of hydrogen-bond acceptors (Lipinski definition) is 5. The van der Waals surface area contributed by atoms with Crippen LogP contribution in [0.5, 0.6) is 11.5 Å². The van der Waals surface area contributed by atoms with E-state index in [1.807, 2.05) is 19.1 Å². The molecule has 1 fully saturated rings. The molecule has 31 heavy (non-hydrogen) atoms. The molecule has 0 bridgehead atoms. The molecule has 3 aromatic rings. The maximum absolute atomic E-state index is 13.2. The lowest BCUT2D eigenvalue weighted by atomic mass is 10.1. The van der Waals surface area contributed by atoms with Crippen LogP contribution < -0.4 is 9.47 Å². The van der Waals surface area contributed by atoms with E-state index in [9.17, 15) is 12.8 Å². The number of hydrogen-bond donors (Lipinski definition) is 1. The van der Waals surface area contributed by atoms with Gasteiger partial charge in [-0.2, -0.15) is 9.40 Å². The highest BCUT2D eigenvalue weighted by molar-refractivity contribution is 7.89. The number of benzene rings is 2. The number of halogens is 1. The molecule has 1 aromatic heterocycles. The minimum Gasteiger partial charge on any atom is -0.495 e. The molecule has 0 radical (unpaired) electrons. The van der Waals surface area contributed by atoms with Gasteiger partial charge in [0.05, 0.1) is 18.5 Å². The fourth-order valence-electron chi connectivity index (χ4n) is 3.67. The molecule has 1 atom stereocenters. The Hall–Kier alpha value is -2.91. The Morgan fingerprint density at radius 2 is 1.97 bits per heavy atom. The second-order valence-electron chi connectivity index (χ2n) is 7.56. The first kappa shape index (κ1) is 21.3. The number of nitrogens with zero attached hydrogens (tertiary/aromatic N) is 2. The molecule has 1 aliphatic rings. The van der Waals surface area contributed by atoms with Crippen LogP contribution in [0.25, 0.3) is 0 Å². The van der Waals surface area contributed by atoms with E-state index in [0.29, 0.717) is 31.0 Å². The van der Waals surface area contributed by atoms with Crippen molar-refractivity contribution in [1.29, 1.82) is 0 Å². The number of rotatable bonds is 7. The van der Waals surface area contributed by atoms with Crippen molar-refractivity contribution in [3.63, 3.8) is 0 Å². The molecule has 2 aromatic carbocycles. The zero-order valence-electron chi connectivity index (χ0n) is 17.3. The summed E-state index contributed by atoms with van der Waals surface area (Å²) in [5.74, 6) is 0.568. The summed E-state index contributed by atoms with van der Waals surface area (Å²) in [6.07, 6.45) is 0.677. The summed E-state index contributed by atoms with van der Waals surface area (Å²) in [6.45, 7) is 2.87. The lowest BCUT2D eigenvalue weighted by Gasteiger charge is -2.18. The van der Waals surface area contributed by atoms with Crippen molar-refractivity contribution in [2.75, 3.05) is 20.2 Å². The smallest absolute Gasteiger partial charge is 0.246 e. The van der Waals surface area contributed by atoms with Gasteiger partial charge in [-0.3, -0.25) is 5.10 Å². The molecule has 0 spiro atoms. The molecule has 1 N–H and O–H groups in total. The van der Waals surface area contributed by atoms with Gasteiger partial charge in [-0.15, -0.1) is 0 Å². The maximum atomic E-state index is 13.2. The molecule has 0 unspecified atom stereocenters. The van der Waals surface area contributed by atoms with Crippen LogP contribution in [0.2, 0.25) is 0 Å². The van der Waals surface area contributed by atoms with Crippen molar-refractivity contribution in [2.24, 2.45) is 0 Å². The first-order valence-corrected chi connectivity index (χ1v) is 11.4. The monoisotopic (exact) mass is 445 g/mol. The lowest BCUT2D eigenvalue weighted by Crippen LogP contribution is -2.29. The molecule has 9 heteroatoms. The number of nitrogens with one attached hydrogen (secondary N) is 1. The molecule has 1 aliphatic heterocycles. The topological polar surface area (TPSA) is 84.5 Å². The summed E-state index contributed by atoms with van der Waals surface area (Å²) >= 11 is 0. The summed E-state index contributed by atoms with van der Waals surface area (Å²) in [4.78, 5) is 0.186. The molecule has 0 saturated carbocycles. The van der Waals surface area contributed by atoms with Gasteiger partial charge in [0.15, 0.2) is 0 Å². The number of methoxy groups -OCH3 is 1. The zero-order chi connectivity index (χ0) is 22.0. The van der Waals surface area contributed by atoms with Gasteiger partial charge in [0.25, 0.3) is 0 Å². The summed E-state index contributed by atoms with van der Waals surface area (Å²) in [6, 6.07) is 12.8. The Kier molecular flexibility index (Phi) is 5.97. The quantitative estimate of drug-likeness (QED) is 0.600. The van der Waals surface area contributed by atoms with Crippen LogP contribution >= 0.6 is 0 Å². The minimum absolute atomic E-state index is 0.0126. The molecule has 2 heterocycles. The highest BCUT2D eigenvalue weighted by atomic mass is 32.2. The largest absolute Gasteiger partial charge is 0.495 e. The molecule has 164 valence electrons. The van der Waals surface area contributed by atoms with Gasteiger partial charge in [-0.05, 0) is 61.4 Å². The van der Waals surface area contributed by atoms with Crippen LogP contribution in [0.15, 0.2) is 53.4 Å². The predicted octanol–water partition coefficient (Wildman–Crippen LogP) is 3.62. The maximum Gasteiger partial charge on any atom is 0.246 e. The number of aryl methyl sites for hydroxylation is 1. The van der Waals surface area contributed by atoms with E-state index in [2.05, 4.69) is 10.2 Å². The van der Waals surface area contributed by atoms with Crippen molar-refractivity contribution >= 4 is 10.0 Å². The minimum atomic E-state index is -3.67. The molecular formula is C22H24FN3O4S. The van der Waals surface area contributed by atoms with E-state index in [-0.39, 0.29) is 23.2 Å². The third-order valence-corrected chi connectivity index (χ3v) is 7.25. The number of aromatic amines is 1. The Morgan fingerprint density at radius 1 is 1.19 bits per heavy atom. The molecular weight excluding hydrogens is 421 g/mol. The number of H-pyrrole nitrogens is 1. The van der Waals surface area contributed by atoms with Crippen molar-refractivity contribution in [1.82, 2.24) is 14.5 Å². The van der Waals surface area contributed by atoms with Gasteiger partial charge in [-0.25, -0.2) is 12.8 Å². The Balaban J connectivity index is 1.43. The van der Waals surface area contributed by atoms with E-state index in [0.717, 1.165) is 17.0 Å². The Bertz CT molecular complexity index is 1160. The van der Waals surface area contributed by atoms with Crippen molar-refractivity contribution in [3.8, 4) is 11.5 Å². The Morgan fingerprint density at radius 3 is 2.71 bits per heavy atom. The van der Waals surface area contributed by atoms with Crippen molar-refractivity contribution in [3.05, 3.63) is 71.3 Å². The van der Waals surface area contributed by atoms with Gasteiger partial charge in [0.1, 0.15) is 28.8 Å². The second-order valence-corrected chi connectivity index (χ2v) is 9.47. The highest BCUT2D eigenvalue weighted by Crippen LogP contribution is 2.34. The van der Waals surface area contributed by atoms with Crippen LogP contribution in [0, 0.1) is 12.7 Å². The van der Waals surface area contributed by atoms with Crippen LogP contribution in [-0.2, 0) is 16.6 Å². The predicted molar refractivity (Wildman–Crippen MR) is 113 cm³/mol. The van der Waals surface area contributed by atoms with E-state index < -0.39 is 10.0 Å². The van der Waals surface area contributed by atoms with Gasteiger partial charge in [0.2, 0.25) is 10.0 Å². The molecule has 1 saturated heterocycles. The van der Waals surface area contributed by atoms with E-state index >= 15 is 0 Å². The third-order valence-electron chi connectivity index (χ3n) is 5.36. The van der Waals surface area contributed by atoms with Crippen LogP contribution in [0.3, 0.4) is 0 Å². The van der Waals surface area contributed by atoms with Gasteiger partial charge < -0.3 is 9.47 Å². The number of sulfonamides is 1. The van der Waals surface area contributed by atoms with Gasteiger partial charge in [0, 0.05) is 19.0 Å². The third kappa shape index (κ3) is 4.57. The summed E-state index contributed by atoms with van der Waals surface area (Å²) < 4.78 is 51.8. The molecule has 0 aliphatic carbocycles. The van der Waals surface area contributed by atoms with E-state index in [1.54, 1.807) is 24.3 Å². The molecule has 4 rings (SSSR count). The van der Waals surface area contributed by atoms with Crippen LogP contribution in [0.4, 0.5) is 4.39 Å². The summed E-state index contributed by atoms with van der Waals surface area (Å²) in [5, 5.41) is 7.29. The summed E-state index contributed by atoms with van der Waals surface area (Å²) in [7, 11) is -2.20. The van der Waals surface area contributed by atoms with Crippen molar-refractivity contribution in [2.45, 2.75) is 30.8 Å². The van der Waals surface area contributed by atoms with Crippen LogP contribution in [-0.4, -0.2) is 43.1 Å². The number of ether oxygens (including phenoxy) is 2. The Labute approximate surface area is 180 Å². The van der Waals surface area contributed by atoms with Crippen molar-refractivity contribution < 1.29 is 22.3 Å². The second kappa shape index (κ2) is 8.68. The van der Waals surface area contributed by atoms with E-state index in [4.69, 9.17) is 9.47 Å². The summed E-state index contributed by atoms with van der Waals surface area (Å²) in [5.41, 5.74) is 2.42. The molecule has 7 nitrogen and oxygen atoms in total. The average molecular weight is 446 g/mol.